The molecule has 0 aromatic heterocycles. The predicted molar refractivity (Wildman–Crippen MR) is 41.4 cm³/mol. The van der Waals surface area contributed by atoms with E-state index in [0.717, 1.165) is 12.5 Å². The topological polar surface area (TPSA) is 38.0 Å². The van der Waals surface area contributed by atoms with E-state index < -0.39 is 0 Å². The molecule has 1 aliphatic carbocycles. The van der Waals surface area contributed by atoms with Crippen molar-refractivity contribution in [3.05, 3.63) is 0 Å². The highest BCUT2D eigenvalue weighted by Crippen LogP contribution is 2.23. The fourth-order valence-corrected chi connectivity index (χ4v) is 1.38. The van der Waals surface area contributed by atoms with Gasteiger partial charge in [0.1, 0.15) is 0 Å². The quantitative estimate of drug-likeness (QED) is 0.457. The first-order valence-corrected chi connectivity index (χ1v) is 3.37. The lowest BCUT2D eigenvalue weighted by Crippen LogP contribution is -2.27. The van der Waals surface area contributed by atoms with Crippen molar-refractivity contribution in [2.24, 2.45) is 11.8 Å². The van der Waals surface area contributed by atoms with Crippen LogP contribution in [0.5, 0.6) is 0 Å². The van der Waals surface area contributed by atoms with E-state index in [-0.39, 0.29) is 12.4 Å². The van der Waals surface area contributed by atoms with Gasteiger partial charge in [0.2, 0.25) is 0 Å². The van der Waals surface area contributed by atoms with Crippen molar-refractivity contribution in [3.8, 4) is 0 Å². The fourth-order valence-electron chi connectivity index (χ4n) is 1.38. The summed E-state index contributed by atoms with van der Waals surface area (Å²) in [4.78, 5) is 0. The Morgan fingerprint density at radius 3 is 2.33 bits per heavy atom. The molecule has 0 aromatic rings. The third kappa shape index (κ3) is 3.04. The Labute approximate surface area is 62.6 Å². The predicted octanol–water partition coefficient (Wildman–Crippen LogP) is 1.06. The second-order valence-corrected chi connectivity index (χ2v) is 2.56. The molecule has 0 unspecified atom stereocenters. The molecule has 3 heteroatoms. The van der Waals surface area contributed by atoms with Gasteiger partial charge in [-0.2, -0.15) is 0 Å². The standard InChI is InChI=1S/C6H14N2.ClH/c7-8-5-6-3-1-2-4-6;/h6,8H,1-5,7H2;1H. The summed E-state index contributed by atoms with van der Waals surface area (Å²) >= 11 is 0. The van der Waals surface area contributed by atoms with Gasteiger partial charge in [0.25, 0.3) is 0 Å². The lowest BCUT2D eigenvalue weighted by atomic mass is 10.1. The summed E-state index contributed by atoms with van der Waals surface area (Å²) in [5.74, 6) is 6.03. The molecular formula is C6H15ClN2. The summed E-state index contributed by atoms with van der Waals surface area (Å²) in [6, 6.07) is 0. The van der Waals surface area contributed by atoms with Crippen LogP contribution < -0.4 is 11.3 Å². The Balaban J connectivity index is 0.000000640. The molecule has 2 nitrogen and oxygen atoms in total. The first-order valence-electron chi connectivity index (χ1n) is 3.37. The Hall–Kier alpha value is 0.210. The van der Waals surface area contributed by atoms with Crippen molar-refractivity contribution >= 4 is 12.4 Å². The maximum absolute atomic E-state index is 5.16. The van der Waals surface area contributed by atoms with Crippen LogP contribution >= 0.6 is 12.4 Å². The van der Waals surface area contributed by atoms with E-state index in [4.69, 9.17) is 5.84 Å². The molecule has 1 saturated carbocycles. The molecular weight excluding hydrogens is 136 g/mol. The van der Waals surface area contributed by atoms with Gasteiger partial charge in [-0.1, -0.05) is 12.8 Å². The SMILES string of the molecule is Cl.NNCC1CCCC1. The summed E-state index contributed by atoms with van der Waals surface area (Å²) in [7, 11) is 0. The van der Waals surface area contributed by atoms with Gasteiger partial charge >= 0.3 is 0 Å². The minimum absolute atomic E-state index is 0. The smallest absolute Gasteiger partial charge is 0.0126 e. The molecule has 0 aliphatic heterocycles. The van der Waals surface area contributed by atoms with Gasteiger partial charge in [-0.05, 0) is 18.8 Å². The molecule has 9 heavy (non-hydrogen) atoms. The van der Waals surface area contributed by atoms with Crippen LogP contribution in [0.4, 0.5) is 0 Å². The molecule has 56 valence electrons. The highest BCUT2D eigenvalue weighted by atomic mass is 35.5. The average molecular weight is 151 g/mol. The number of hydrogen-bond acceptors (Lipinski definition) is 2. The van der Waals surface area contributed by atoms with E-state index in [1.54, 1.807) is 0 Å². The van der Waals surface area contributed by atoms with Crippen LogP contribution in [-0.2, 0) is 0 Å². The summed E-state index contributed by atoms with van der Waals surface area (Å²) < 4.78 is 0. The molecule has 0 amide bonds. The maximum Gasteiger partial charge on any atom is 0.0126 e. The minimum atomic E-state index is 0. The van der Waals surface area contributed by atoms with E-state index in [2.05, 4.69) is 5.43 Å². The van der Waals surface area contributed by atoms with Gasteiger partial charge in [-0.25, -0.2) is 0 Å². The Morgan fingerprint density at radius 2 is 1.89 bits per heavy atom. The monoisotopic (exact) mass is 150 g/mol. The normalized spacial score (nSPS) is 19.7. The highest BCUT2D eigenvalue weighted by Gasteiger charge is 2.12. The Bertz CT molecular complexity index is 62.1. The third-order valence-electron chi connectivity index (χ3n) is 1.88. The molecule has 0 saturated heterocycles. The maximum atomic E-state index is 5.16. The van der Waals surface area contributed by atoms with E-state index in [1.165, 1.54) is 25.7 Å². The summed E-state index contributed by atoms with van der Waals surface area (Å²) in [5.41, 5.74) is 2.71. The van der Waals surface area contributed by atoms with Crippen LogP contribution in [0, 0.1) is 5.92 Å². The molecule has 1 rings (SSSR count). The van der Waals surface area contributed by atoms with Crippen LogP contribution in [0.2, 0.25) is 0 Å². The number of nitrogens with one attached hydrogen (secondary N) is 1. The van der Waals surface area contributed by atoms with Crippen molar-refractivity contribution in [3.63, 3.8) is 0 Å². The molecule has 1 fully saturated rings. The van der Waals surface area contributed by atoms with Gasteiger partial charge < -0.3 is 0 Å². The Kier molecular flexibility index (Phi) is 5.15. The van der Waals surface area contributed by atoms with Crippen molar-refractivity contribution < 1.29 is 0 Å². The largest absolute Gasteiger partial charge is 0.271 e. The van der Waals surface area contributed by atoms with Crippen LogP contribution in [0.1, 0.15) is 25.7 Å². The highest BCUT2D eigenvalue weighted by molar-refractivity contribution is 5.85. The average Bonchev–Trinajstić information content (AvgIpc) is 2.19. The zero-order valence-electron chi connectivity index (χ0n) is 5.60. The van der Waals surface area contributed by atoms with Gasteiger partial charge in [0.15, 0.2) is 0 Å². The lowest BCUT2D eigenvalue weighted by Gasteiger charge is -2.04. The molecule has 0 bridgehead atoms. The molecule has 0 atom stereocenters. The van der Waals surface area contributed by atoms with Gasteiger partial charge in [-0.15, -0.1) is 12.4 Å². The van der Waals surface area contributed by atoms with Crippen molar-refractivity contribution in [1.82, 2.24) is 5.43 Å². The number of hydrogen-bond donors (Lipinski definition) is 2. The van der Waals surface area contributed by atoms with Gasteiger partial charge in [-0.3, -0.25) is 11.3 Å². The lowest BCUT2D eigenvalue weighted by molar-refractivity contribution is 0.499. The van der Waals surface area contributed by atoms with Gasteiger partial charge in [0.05, 0.1) is 0 Å². The minimum Gasteiger partial charge on any atom is -0.271 e. The Morgan fingerprint density at radius 1 is 1.33 bits per heavy atom. The molecule has 3 N–H and O–H groups in total. The van der Waals surface area contributed by atoms with Crippen LogP contribution in [0.15, 0.2) is 0 Å². The van der Waals surface area contributed by atoms with E-state index in [1.807, 2.05) is 0 Å². The van der Waals surface area contributed by atoms with Crippen molar-refractivity contribution in [1.29, 1.82) is 0 Å². The second kappa shape index (κ2) is 5.03. The van der Waals surface area contributed by atoms with Crippen molar-refractivity contribution in [2.75, 3.05) is 6.54 Å². The molecule has 0 aromatic carbocycles. The van der Waals surface area contributed by atoms with Crippen molar-refractivity contribution in [2.45, 2.75) is 25.7 Å². The zero-order valence-corrected chi connectivity index (χ0v) is 6.41. The first kappa shape index (κ1) is 9.21. The molecule has 0 radical (unpaired) electrons. The molecule has 0 heterocycles. The molecule has 0 spiro atoms. The van der Waals surface area contributed by atoms with E-state index in [9.17, 15) is 0 Å². The number of rotatable bonds is 2. The first-order chi connectivity index (χ1) is 3.93. The van der Waals surface area contributed by atoms with Crippen LogP contribution in [0.25, 0.3) is 0 Å². The second-order valence-electron chi connectivity index (χ2n) is 2.56. The number of nitrogens with two attached hydrogens (primary N) is 1. The molecule has 1 aliphatic rings. The van der Waals surface area contributed by atoms with Crippen LogP contribution in [0.3, 0.4) is 0 Å². The summed E-state index contributed by atoms with van der Waals surface area (Å²) in [5, 5.41) is 0. The number of halogens is 1. The zero-order chi connectivity index (χ0) is 5.82. The number of hydrazine groups is 1. The third-order valence-corrected chi connectivity index (χ3v) is 1.88. The van der Waals surface area contributed by atoms with E-state index >= 15 is 0 Å². The summed E-state index contributed by atoms with van der Waals surface area (Å²) in [6.45, 7) is 1.01. The van der Waals surface area contributed by atoms with Gasteiger partial charge in [0, 0.05) is 6.54 Å². The van der Waals surface area contributed by atoms with Crippen LogP contribution in [-0.4, -0.2) is 6.54 Å². The summed E-state index contributed by atoms with van der Waals surface area (Å²) in [6.07, 6.45) is 5.58. The fraction of sp³-hybridized carbons (Fsp3) is 1.00. The van der Waals surface area contributed by atoms with E-state index in [0.29, 0.717) is 0 Å².